The first-order valence-electron chi connectivity index (χ1n) is 3.84. The van der Waals surface area contributed by atoms with E-state index in [2.05, 4.69) is 0 Å². The van der Waals surface area contributed by atoms with Crippen LogP contribution in [0.1, 0.15) is 18.1 Å². The molecule has 68 valence electrons. The smallest absolute Gasteiger partial charge is 0.106 e. The van der Waals surface area contributed by atoms with Gasteiger partial charge in [-0.2, -0.15) is 11.3 Å². The molecular weight excluding hydrogens is 174 g/mol. The highest BCUT2D eigenvalue weighted by molar-refractivity contribution is 7.07. The Bertz CT molecular complexity index is 213. The van der Waals surface area contributed by atoms with Crippen LogP contribution < -0.4 is 5.73 Å². The number of thiophene rings is 1. The van der Waals surface area contributed by atoms with Gasteiger partial charge < -0.3 is 15.9 Å². The topological polar surface area (TPSA) is 66.5 Å². The van der Waals surface area contributed by atoms with Crippen LogP contribution in [0.4, 0.5) is 0 Å². The van der Waals surface area contributed by atoms with Crippen LogP contribution in [-0.2, 0) is 0 Å². The summed E-state index contributed by atoms with van der Waals surface area (Å²) in [7, 11) is 0. The van der Waals surface area contributed by atoms with Crippen molar-refractivity contribution in [3.8, 4) is 0 Å². The molecular formula is C8H13NO2S. The standard InChI is InChI=1S/C8H13NO2S/c9-3-1-7(10)8(11)6-2-4-12-5-6/h2,4-5,7-8,10-11H,1,3,9H2. The lowest BCUT2D eigenvalue weighted by molar-refractivity contribution is 0.0153. The minimum atomic E-state index is -0.792. The van der Waals surface area contributed by atoms with Crippen molar-refractivity contribution in [3.63, 3.8) is 0 Å². The quantitative estimate of drug-likeness (QED) is 0.642. The fraction of sp³-hybridized carbons (Fsp3) is 0.500. The Labute approximate surface area is 75.5 Å². The SMILES string of the molecule is NCCC(O)C(O)c1ccsc1. The number of aliphatic hydroxyl groups is 2. The Morgan fingerprint density at radius 2 is 2.25 bits per heavy atom. The van der Waals surface area contributed by atoms with E-state index in [0.29, 0.717) is 13.0 Å². The number of nitrogens with two attached hydrogens (primary N) is 1. The largest absolute Gasteiger partial charge is 0.390 e. The third kappa shape index (κ3) is 2.28. The summed E-state index contributed by atoms with van der Waals surface area (Å²) >= 11 is 1.50. The molecule has 0 amide bonds. The van der Waals surface area contributed by atoms with Crippen LogP contribution >= 0.6 is 11.3 Å². The summed E-state index contributed by atoms with van der Waals surface area (Å²) in [6.45, 7) is 0.391. The maximum Gasteiger partial charge on any atom is 0.106 e. The lowest BCUT2D eigenvalue weighted by atomic mass is 10.1. The monoisotopic (exact) mass is 187 g/mol. The molecule has 2 atom stereocenters. The minimum Gasteiger partial charge on any atom is -0.390 e. The lowest BCUT2D eigenvalue weighted by Gasteiger charge is -2.15. The molecule has 0 bridgehead atoms. The Hall–Kier alpha value is -0.420. The highest BCUT2D eigenvalue weighted by atomic mass is 32.1. The molecule has 0 aliphatic carbocycles. The molecule has 1 aromatic rings. The first kappa shape index (κ1) is 9.67. The molecule has 1 aromatic heterocycles. The van der Waals surface area contributed by atoms with Gasteiger partial charge in [-0.15, -0.1) is 0 Å². The van der Waals surface area contributed by atoms with Crippen LogP contribution in [0.15, 0.2) is 16.8 Å². The van der Waals surface area contributed by atoms with E-state index >= 15 is 0 Å². The van der Waals surface area contributed by atoms with Crippen LogP contribution in [0.3, 0.4) is 0 Å². The Morgan fingerprint density at radius 1 is 1.50 bits per heavy atom. The van der Waals surface area contributed by atoms with Gasteiger partial charge in [-0.1, -0.05) is 0 Å². The van der Waals surface area contributed by atoms with Crippen molar-refractivity contribution in [2.45, 2.75) is 18.6 Å². The average molecular weight is 187 g/mol. The predicted octanol–water partition coefficient (Wildman–Crippen LogP) is 0.491. The van der Waals surface area contributed by atoms with Gasteiger partial charge in [0.15, 0.2) is 0 Å². The molecule has 0 aromatic carbocycles. The van der Waals surface area contributed by atoms with Gasteiger partial charge in [-0.25, -0.2) is 0 Å². The second-order valence-electron chi connectivity index (χ2n) is 2.65. The number of aliphatic hydroxyl groups excluding tert-OH is 2. The summed E-state index contributed by atoms with van der Waals surface area (Å²) in [5.74, 6) is 0. The number of rotatable bonds is 4. The fourth-order valence-corrected chi connectivity index (χ4v) is 1.68. The summed E-state index contributed by atoms with van der Waals surface area (Å²) in [6, 6.07) is 1.80. The zero-order valence-electron chi connectivity index (χ0n) is 6.68. The van der Waals surface area contributed by atoms with E-state index in [-0.39, 0.29) is 0 Å². The third-order valence-electron chi connectivity index (χ3n) is 1.71. The van der Waals surface area contributed by atoms with E-state index in [0.717, 1.165) is 5.56 Å². The van der Waals surface area contributed by atoms with Crippen molar-refractivity contribution < 1.29 is 10.2 Å². The van der Waals surface area contributed by atoms with Crippen LogP contribution in [0.25, 0.3) is 0 Å². The summed E-state index contributed by atoms with van der Waals surface area (Å²) in [5, 5.41) is 22.6. The molecule has 0 saturated carbocycles. The zero-order chi connectivity index (χ0) is 8.97. The van der Waals surface area contributed by atoms with Crippen molar-refractivity contribution in [2.75, 3.05) is 6.54 Å². The van der Waals surface area contributed by atoms with Crippen LogP contribution in [0.2, 0.25) is 0 Å². The highest BCUT2D eigenvalue weighted by Gasteiger charge is 2.17. The molecule has 0 aliphatic rings. The second-order valence-corrected chi connectivity index (χ2v) is 3.43. The molecule has 0 radical (unpaired) electrons. The van der Waals surface area contributed by atoms with Gasteiger partial charge in [0.1, 0.15) is 6.10 Å². The fourth-order valence-electron chi connectivity index (χ4n) is 0.994. The van der Waals surface area contributed by atoms with Gasteiger partial charge in [0.05, 0.1) is 6.10 Å². The molecule has 0 saturated heterocycles. The molecule has 2 unspecified atom stereocenters. The molecule has 3 nitrogen and oxygen atoms in total. The summed E-state index contributed by atoms with van der Waals surface area (Å²) in [5.41, 5.74) is 6.02. The van der Waals surface area contributed by atoms with E-state index in [4.69, 9.17) is 5.73 Å². The Balaban J connectivity index is 2.53. The van der Waals surface area contributed by atoms with Gasteiger partial charge in [0.2, 0.25) is 0 Å². The van der Waals surface area contributed by atoms with E-state index < -0.39 is 12.2 Å². The maximum absolute atomic E-state index is 9.51. The Kier molecular flexibility index (Phi) is 3.68. The number of hydrogen-bond donors (Lipinski definition) is 3. The minimum absolute atomic E-state index is 0.391. The second kappa shape index (κ2) is 4.57. The van der Waals surface area contributed by atoms with Crippen molar-refractivity contribution in [3.05, 3.63) is 22.4 Å². The molecule has 12 heavy (non-hydrogen) atoms. The van der Waals surface area contributed by atoms with Crippen molar-refractivity contribution >= 4 is 11.3 Å². The Morgan fingerprint density at radius 3 is 2.75 bits per heavy atom. The normalized spacial score (nSPS) is 15.9. The molecule has 0 aliphatic heterocycles. The molecule has 1 rings (SSSR count). The molecule has 4 N–H and O–H groups in total. The van der Waals surface area contributed by atoms with Crippen molar-refractivity contribution in [1.82, 2.24) is 0 Å². The van der Waals surface area contributed by atoms with E-state index in [1.54, 1.807) is 6.07 Å². The molecule has 0 fully saturated rings. The van der Waals surface area contributed by atoms with E-state index in [1.165, 1.54) is 11.3 Å². The molecule has 4 heteroatoms. The summed E-state index contributed by atoms with van der Waals surface area (Å²) < 4.78 is 0. The highest BCUT2D eigenvalue weighted by Crippen LogP contribution is 2.20. The van der Waals surface area contributed by atoms with Gasteiger partial charge in [0.25, 0.3) is 0 Å². The van der Waals surface area contributed by atoms with E-state index in [9.17, 15) is 10.2 Å². The third-order valence-corrected chi connectivity index (χ3v) is 2.41. The van der Waals surface area contributed by atoms with Crippen molar-refractivity contribution in [2.24, 2.45) is 5.73 Å². The van der Waals surface area contributed by atoms with Gasteiger partial charge in [-0.05, 0) is 35.4 Å². The molecule has 0 spiro atoms. The van der Waals surface area contributed by atoms with Gasteiger partial charge in [0, 0.05) is 0 Å². The van der Waals surface area contributed by atoms with Crippen LogP contribution in [0, 0.1) is 0 Å². The maximum atomic E-state index is 9.51. The molecule has 1 heterocycles. The average Bonchev–Trinajstić information content (AvgIpc) is 2.55. The van der Waals surface area contributed by atoms with Crippen molar-refractivity contribution in [1.29, 1.82) is 0 Å². The van der Waals surface area contributed by atoms with Gasteiger partial charge in [-0.3, -0.25) is 0 Å². The predicted molar refractivity (Wildman–Crippen MR) is 49.0 cm³/mol. The summed E-state index contributed by atoms with van der Waals surface area (Å²) in [6.07, 6.45) is -1.11. The van der Waals surface area contributed by atoms with Crippen LogP contribution in [-0.4, -0.2) is 22.9 Å². The number of hydrogen-bond acceptors (Lipinski definition) is 4. The zero-order valence-corrected chi connectivity index (χ0v) is 7.50. The first-order valence-corrected chi connectivity index (χ1v) is 4.78. The van der Waals surface area contributed by atoms with Gasteiger partial charge >= 0.3 is 0 Å². The summed E-state index contributed by atoms with van der Waals surface area (Å²) in [4.78, 5) is 0. The first-order chi connectivity index (χ1) is 5.75. The lowest BCUT2D eigenvalue weighted by Crippen LogP contribution is -2.21. The van der Waals surface area contributed by atoms with Crippen LogP contribution in [0.5, 0.6) is 0 Å². The van der Waals surface area contributed by atoms with E-state index in [1.807, 2.05) is 10.8 Å².